The standard InChI is InChI=1S/C22H22FN5O2.CH2O2/c1-30-20-12-19(25-13-17(20)14-2-4-16(23)5-3-14)22(29)28-10-8-15(9-11-28)18-6-7-21(24)27-26-18;2-1-3/h2-7,12-13,15H,8-11H2,1H3,(H2,24,27);1H,(H,2,3). The first kappa shape index (κ1) is 23.6. The fourth-order valence-electron chi connectivity index (χ4n) is 3.68. The summed E-state index contributed by atoms with van der Waals surface area (Å²) in [7, 11) is 1.54. The van der Waals surface area contributed by atoms with E-state index < -0.39 is 0 Å². The van der Waals surface area contributed by atoms with Gasteiger partial charge in [-0.25, -0.2) is 4.39 Å². The molecule has 0 bridgehead atoms. The molecule has 1 aliphatic rings. The zero-order valence-corrected chi connectivity index (χ0v) is 18.0. The molecule has 0 aliphatic carbocycles. The number of halogens is 1. The number of carboxylic acid groups (broad SMARTS) is 1. The molecule has 3 heterocycles. The minimum Gasteiger partial charge on any atom is -0.496 e. The summed E-state index contributed by atoms with van der Waals surface area (Å²) in [4.78, 5) is 27.5. The van der Waals surface area contributed by atoms with Crippen LogP contribution in [0.4, 0.5) is 10.2 Å². The molecule has 1 aromatic carbocycles. The summed E-state index contributed by atoms with van der Waals surface area (Å²) >= 11 is 0. The highest BCUT2D eigenvalue weighted by Gasteiger charge is 2.26. The van der Waals surface area contributed by atoms with Crippen molar-refractivity contribution in [2.24, 2.45) is 0 Å². The lowest BCUT2D eigenvalue weighted by Crippen LogP contribution is -2.38. The molecule has 2 aromatic heterocycles. The molecular weight excluding hydrogens is 429 g/mol. The van der Waals surface area contributed by atoms with Crippen LogP contribution in [0.5, 0.6) is 5.75 Å². The van der Waals surface area contributed by atoms with Crippen LogP contribution >= 0.6 is 0 Å². The van der Waals surface area contributed by atoms with Gasteiger partial charge >= 0.3 is 0 Å². The quantitative estimate of drug-likeness (QED) is 0.577. The lowest BCUT2D eigenvalue weighted by atomic mass is 9.93. The number of pyridine rings is 1. The van der Waals surface area contributed by atoms with Crippen molar-refractivity contribution >= 4 is 18.2 Å². The largest absolute Gasteiger partial charge is 0.496 e. The summed E-state index contributed by atoms with van der Waals surface area (Å²) in [5.41, 5.74) is 8.30. The van der Waals surface area contributed by atoms with E-state index in [9.17, 15) is 9.18 Å². The van der Waals surface area contributed by atoms with Crippen LogP contribution in [-0.2, 0) is 4.79 Å². The van der Waals surface area contributed by atoms with Crippen LogP contribution in [0.25, 0.3) is 11.1 Å². The number of hydrogen-bond acceptors (Lipinski definition) is 7. The molecule has 0 unspecified atom stereocenters. The maximum atomic E-state index is 13.2. The Morgan fingerprint density at radius 3 is 2.42 bits per heavy atom. The summed E-state index contributed by atoms with van der Waals surface area (Å²) in [5.74, 6) is 0.722. The number of nitrogens with two attached hydrogens (primary N) is 1. The van der Waals surface area contributed by atoms with Gasteiger partial charge in [0.1, 0.15) is 23.1 Å². The maximum Gasteiger partial charge on any atom is 0.290 e. The Bertz CT molecular complexity index is 1090. The number of anilines is 1. The maximum absolute atomic E-state index is 13.2. The van der Waals surface area contributed by atoms with Crippen molar-refractivity contribution in [1.82, 2.24) is 20.1 Å². The summed E-state index contributed by atoms with van der Waals surface area (Å²) in [6.45, 7) is 0.971. The third kappa shape index (κ3) is 5.79. The van der Waals surface area contributed by atoms with Gasteiger partial charge in [0, 0.05) is 36.8 Å². The van der Waals surface area contributed by atoms with Gasteiger partial charge in [0.15, 0.2) is 0 Å². The third-order valence-corrected chi connectivity index (χ3v) is 5.37. The van der Waals surface area contributed by atoms with E-state index in [2.05, 4.69) is 15.2 Å². The number of nitrogens with zero attached hydrogens (tertiary/aromatic N) is 4. The molecule has 10 heteroatoms. The average Bonchev–Trinajstić information content (AvgIpc) is 2.85. The summed E-state index contributed by atoms with van der Waals surface area (Å²) in [6, 6.07) is 11.3. The van der Waals surface area contributed by atoms with Crippen LogP contribution in [0.3, 0.4) is 0 Å². The number of aromatic nitrogens is 3. The number of benzene rings is 1. The van der Waals surface area contributed by atoms with E-state index in [1.165, 1.54) is 19.2 Å². The number of likely N-dealkylation sites (tertiary alicyclic amines) is 1. The van der Waals surface area contributed by atoms with Crippen LogP contribution in [-0.4, -0.2) is 57.8 Å². The number of methoxy groups -OCH3 is 1. The van der Waals surface area contributed by atoms with Crippen LogP contribution in [0, 0.1) is 5.82 Å². The molecule has 172 valence electrons. The number of nitrogen functional groups attached to an aromatic ring is 1. The number of carbonyl (C=O) groups is 2. The molecule has 0 saturated carbocycles. The Morgan fingerprint density at radius 1 is 1.18 bits per heavy atom. The summed E-state index contributed by atoms with van der Waals surface area (Å²) < 4.78 is 18.7. The summed E-state index contributed by atoms with van der Waals surface area (Å²) in [6.07, 6.45) is 3.19. The van der Waals surface area contributed by atoms with Crippen molar-refractivity contribution in [3.63, 3.8) is 0 Å². The van der Waals surface area contributed by atoms with Gasteiger partial charge in [0.05, 0.1) is 12.8 Å². The van der Waals surface area contributed by atoms with E-state index in [0.717, 1.165) is 24.1 Å². The van der Waals surface area contributed by atoms with Gasteiger partial charge in [0.2, 0.25) is 0 Å². The normalized spacial score (nSPS) is 13.6. The molecule has 9 nitrogen and oxygen atoms in total. The second-order valence-corrected chi connectivity index (χ2v) is 7.33. The number of hydrogen-bond donors (Lipinski definition) is 2. The predicted octanol–water partition coefficient (Wildman–Crippen LogP) is 2.99. The highest BCUT2D eigenvalue weighted by molar-refractivity contribution is 5.93. The Balaban J connectivity index is 0.000000968. The first-order chi connectivity index (χ1) is 16.0. The molecule has 3 aromatic rings. The van der Waals surface area contributed by atoms with Gasteiger partial charge in [-0.1, -0.05) is 12.1 Å². The van der Waals surface area contributed by atoms with Crippen molar-refractivity contribution in [1.29, 1.82) is 0 Å². The molecular formula is C23H24FN5O4. The van der Waals surface area contributed by atoms with Crippen molar-refractivity contribution in [2.45, 2.75) is 18.8 Å². The van der Waals surface area contributed by atoms with E-state index >= 15 is 0 Å². The van der Waals surface area contributed by atoms with Gasteiger partial charge < -0.3 is 20.5 Å². The van der Waals surface area contributed by atoms with E-state index in [0.29, 0.717) is 35.9 Å². The molecule has 1 saturated heterocycles. The highest BCUT2D eigenvalue weighted by Crippen LogP contribution is 2.31. The number of rotatable bonds is 4. The zero-order valence-electron chi connectivity index (χ0n) is 18.0. The van der Waals surface area contributed by atoms with Crippen molar-refractivity contribution < 1.29 is 23.8 Å². The Labute approximate surface area is 190 Å². The van der Waals surface area contributed by atoms with Crippen LogP contribution in [0.1, 0.15) is 34.9 Å². The monoisotopic (exact) mass is 453 g/mol. The van der Waals surface area contributed by atoms with E-state index in [-0.39, 0.29) is 24.1 Å². The zero-order chi connectivity index (χ0) is 23.8. The fraction of sp³-hybridized carbons (Fsp3) is 0.261. The van der Waals surface area contributed by atoms with E-state index in [1.807, 2.05) is 6.07 Å². The number of amides is 1. The Kier molecular flexibility index (Phi) is 7.85. The first-order valence-corrected chi connectivity index (χ1v) is 10.2. The number of piperidine rings is 1. The lowest BCUT2D eigenvalue weighted by molar-refractivity contribution is -0.122. The minimum atomic E-state index is -0.314. The third-order valence-electron chi connectivity index (χ3n) is 5.37. The molecule has 1 aliphatic heterocycles. The second-order valence-electron chi connectivity index (χ2n) is 7.33. The number of ether oxygens (including phenoxy) is 1. The van der Waals surface area contributed by atoms with Gasteiger partial charge in [-0.05, 0) is 42.7 Å². The Morgan fingerprint density at radius 2 is 1.85 bits per heavy atom. The molecule has 3 N–H and O–H groups in total. The molecule has 1 amide bonds. The smallest absolute Gasteiger partial charge is 0.290 e. The Hall–Kier alpha value is -4.08. The predicted molar refractivity (Wildman–Crippen MR) is 119 cm³/mol. The SMILES string of the molecule is COc1cc(C(=O)N2CCC(c3ccc(N)nn3)CC2)ncc1-c1ccc(F)cc1.O=CO. The van der Waals surface area contributed by atoms with Crippen LogP contribution in [0.2, 0.25) is 0 Å². The number of carbonyl (C=O) groups excluding carboxylic acids is 1. The van der Waals surface area contributed by atoms with Crippen LogP contribution < -0.4 is 10.5 Å². The molecule has 0 radical (unpaired) electrons. The molecule has 33 heavy (non-hydrogen) atoms. The summed E-state index contributed by atoms with van der Waals surface area (Å²) in [5, 5.41) is 15.0. The minimum absolute atomic E-state index is 0.138. The van der Waals surface area contributed by atoms with Gasteiger partial charge in [-0.2, -0.15) is 5.10 Å². The average molecular weight is 453 g/mol. The molecule has 1 fully saturated rings. The van der Waals surface area contributed by atoms with E-state index in [4.69, 9.17) is 20.4 Å². The van der Waals surface area contributed by atoms with Gasteiger partial charge in [0.25, 0.3) is 12.4 Å². The molecule has 0 atom stereocenters. The molecule has 4 rings (SSSR count). The second kappa shape index (κ2) is 11.0. The van der Waals surface area contributed by atoms with Gasteiger partial charge in [-0.3, -0.25) is 14.6 Å². The van der Waals surface area contributed by atoms with Crippen molar-refractivity contribution in [3.8, 4) is 16.9 Å². The topological polar surface area (TPSA) is 132 Å². The molecule has 0 spiro atoms. The van der Waals surface area contributed by atoms with Crippen molar-refractivity contribution in [2.75, 3.05) is 25.9 Å². The highest BCUT2D eigenvalue weighted by atomic mass is 19.1. The first-order valence-electron chi connectivity index (χ1n) is 10.2. The fourth-order valence-corrected chi connectivity index (χ4v) is 3.68. The van der Waals surface area contributed by atoms with E-state index in [1.54, 1.807) is 35.4 Å². The van der Waals surface area contributed by atoms with Crippen molar-refractivity contribution in [3.05, 3.63) is 65.9 Å². The van der Waals surface area contributed by atoms with Crippen LogP contribution in [0.15, 0.2) is 48.7 Å². The lowest BCUT2D eigenvalue weighted by Gasteiger charge is -2.31. The van der Waals surface area contributed by atoms with Gasteiger partial charge in [-0.15, -0.1) is 5.10 Å².